The van der Waals surface area contributed by atoms with Crippen LogP contribution in [0.4, 0.5) is 5.00 Å². The van der Waals surface area contributed by atoms with Gasteiger partial charge in [0, 0.05) is 11.4 Å². The van der Waals surface area contributed by atoms with Crippen molar-refractivity contribution in [3.8, 4) is 0 Å². The Morgan fingerprint density at radius 3 is 2.52 bits per heavy atom. The smallest absolute Gasteiger partial charge is 0.266 e. The van der Waals surface area contributed by atoms with Gasteiger partial charge in [-0.3, -0.25) is 9.59 Å². The average molecular weight is 453 g/mol. The van der Waals surface area contributed by atoms with Gasteiger partial charge >= 0.3 is 0 Å². The Balaban J connectivity index is 1.62. The van der Waals surface area contributed by atoms with Crippen LogP contribution in [0.3, 0.4) is 0 Å². The Morgan fingerprint density at radius 2 is 1.84 bits per heavy atom. The van der Waals surface area contributed by atoms with Gasteiger partial charge in [0.05, 0.1) is 10.4 Å². The number of nitrogens with one attached hydrogen (secondary N) is 2. The molecule has 4 nitrogen and oxygen atoms in total. The van der Waals surface area contributed by atoms with E-state index >= 15 is 0 Å². The molecule has 0 aliphatic heterocycles. The maximum absolute atomic E-state index is 13.3. The van der Waals surface area contributed by atoms with E-state index in [9.17, 15) is 9.59 Å². The number of carbonyl (C=O) groups excluding carboxylic acids is 2. The molecule has 1 unspecified atom stereocenters. The van der Waals surface area contributed by atoms with E-state index < -0.39 is 0 Å². The number of thiophene rings is 2. The molecule has 0 radical (unpaired) electrons. The van der Waals surface area contributed by atoms with Gasteiger partial charge in [0.1, 0.15) is 5.00 Å². The highest BCUT2D eigenvalue weighted by Gasteiger charge is 2.34. The van der Waals surface area contributed by atoms with Gasteiger partial charge in [-0.15, -0.1) is 22.7 Å². The van der Waals surface area contributed by atoms with Crippen LogP contribution in [0, 0.1) is 11.3 Å². The largest absolute Gasteiger partial charge is 0.348 e. The van der Waals surface area contributed by atoms with Crippen LogP contribution < -0.4 is 10.6 Å². The molecule has 6 heteroatoms. The maximum atomic E-state index is 13.3. The maximum Gasteiger partial charge on any atom is 0.266 e. The van der Waals surface area contributed by atoms with Crippen LogP contribution in [-0.4, -0.2) is 11.8 Å². The zero-order valence-electron chi connectivity index (χ0n) is 18.2. The Morgan fingerprint density at radius 1 is 1.06 bits per heavy atom. The second-order valence-corrected chi connectivity index (χ2v) is 11.2. The average Bonchev–Trinajstić information content (AvgIpc) is 3.39. The summed E-state index contributed by atoms with van der Waals surface area (Å²) in [6.45, 7) is 7.31. The summed E-state index contributed by atoms with van der Waals surface area (Å²) in [5.41, 5.74) is 3.03. The molecule has 0 saturated heterocycles. The van der Waals surface area contributed by atoms with Gasteiger partial charge in [-0.25, -0.2) is 0 Å². The zero-order chi connectivity index (χ0) is 22.0. The molecule has 2 aromatic heterocycles. The highest BCUT2D eigenvalue weighted by atomic mass is 32.1. The van der Waals surface area contributed by atoms with E-state index in [2.05, 4.69) is 31.4 Å². The van der Waals surface area contributed by atoms with Crippen molar-refractivity contribution >= 4 is 39.5 Å². The highest BCUT2D eigenvalue weighted by Crippen LogP contribution is 2.44. The Hall–Kier alpha value is -2.44. The van der Waals surface area contributed by atoms with Gasteiger partial charge in [-0.1, -0.05) is 57.2 Å². The molecular formula is C25H28N2O2S2. The van der Waals surface area contributed by atoms with E-state index in [0.717, 1.165) is 30.4 Å². The summed E-state index contributed by atoms with van der Waals surface area (Å²) in [4.78, 5) is 27.9. The molecule has 31 heavy (non-hydrogen) atoms. The molecule has 2 N–H and O–H groups in total. The fourth-order valence-electron chi connectivity index (χ4n) is 4.09. The molecule has 1 aliphatic carbocycles. The minimum Gasteiger partial charge on any atom is -0.348 e. The minimum atomic E-state index is -0.155. The molecule has 2 heterocycles. The van der Waals surface area contributed by atoms with Crippen molar-refractivity contribution in [3.63, 3.8) is 0 Å². The first kappa shape index (κ1) is 21.8. The molecule has 0 saturated carbocycles. The molecule has 1 atom stereocenters. The first-order valence-electron chi connectivity index (χ1n) is 10.6. The quantitative estimate of drug-likeness (QED) is 0.488. The number of hydrogen-bond donors (Lipinski definition) is 2. The molecule has 4 rings (SSSR count). The Labute approximate surface area is 191 Å². The summed E-state index contributed by atoms with van der Waals surface area (Å²) >= 11 is 2.97. The van der Waals surface area contributed by atoms with E-state index in [4.69, 9.17) is 0 Å². The third-order valence-electron chi connectivity index (χ3n) is 5.99. The molecule has 1 aliphatic rings. The number of fused-ring (bicyclic) bond motifs is 1. The molecule has 0 spiro atoms. The van der Waals surface area contributed by atoms with E-state index in [-0.39, 0.29) is 17.2 Å². The van der Waals surface area contributed by atoms with E-state index in [1.165, 1.54) is 16.2 Å². The number of hydrogen-bond acceptors (Lipinski definition) is 4. The lowest BCUT2D eigenvalue weighted by Crippen LogP contribution is -2.28. The summed E-state index contributed by atoms with van der Waals surface area (Å²) < 4.78 is 0. The van der Waals surface area contributed by atoms with Crippen molar-refractivity contribution in [2.24, 2.45) is 11.3 Å². The number of benzene rings is 1. The summed E-state index contributed by atoms with van der Waals surface area (Å²) in [6.07, 6.45) is 2.89. The van der Waals surface area contributed by atoms with Crippen LogP contribution in [0.1, 0.15) is 63.2 Å². The predicted octanol–water partition coefficient (Wildman–Crippen LogP) is 6.14. The van der Waals surface area contributed by atoms with Gasteiger partial charge in [0.15, 0.2) is 0 Å². The SMILES string of the molecule is CC(C)(C)C1CCc2c(sc(NC(=O)c3cccs3)c2C(=O)NCc2ccccc2)C1. The summed E-state index contributed by atoms with van der Waals surface area (Å²) in [5.74, 6) is 0.301. The third-order valence-corrected chi connectivity index (χ3v) is 8.02. The van der Waals surface area contributed by atoms with Crippen LogP contribution in [-0.2, 0) is 19.4 Å². The minimum absolute atomic E-state index is 0.114. The van der Waals surface area contributed by atoms with Crippen molar-refractivity contribution < 1.29 is 9.59 Å². The molecule has 3 aromatic rings. The van der Waals surface area contributed by atoms with Crippen LogP contribution in [0.15, 0.2) is 47.8 Å². The second-order valence-electron chi connectivity index (χ2n) is 9.11. The van der Waals surface area contributed by atoms with Gasteiger partial charge in [0.2, 0.25) is 0 Å². The number of rotatable bonds is 5. The van der Waals surface area contributed by atoms with Crippen molar-refractivity contribution in [1.29, 1.82) is 0 Å². The summed E-state index contributed by atoms with van der Waals surface area (Å²) in [6, 6.07) is 13.6. The van der Waals surface area contributed by atoms with E-state index in [1.807, 2.05) is 41.8 Å². The molecule has 1 aromatic carbocycles. The number of carbonyl (C=O) groups is 2. The topological polar surface area (TPSA) is 58.2 Å². The highest BCUT2D eigenvalue weighted by molar-refractivity contribution is 7.17. The van der Waals surface area contributed by atoms with Crippen LogP contribution >= 0.6 is 22.7 Å². The fourth-order valence-corrected chi connectivity index (χ4v) is 6.03. The number of amides is 2. The summed E-state index contributed by atoms with van der Waals surface area (Å²) in [5, 5.41) is 8.65. The number of anilines is 1. The lowest BCUT2D eigenvalue weighted by atomic mass is 9.72. The molecule has 2 amide bonds. The Bertz CT molecular complexity index is 1060. The van der Waals surface area contributed by atoms with E-state index in [1.54, 1.807) is 17.4 Å². The molecular weight excluding hydrogens is 424 g/mol. The summed E-state index contributed by atoms with van der Waals surface area (Å²) in [7, 11) is 0. The third kappa shape index (κ3) is 4.91. The van der Waals surface area contributed by atoms with Gasteiger partial charge < -0.3 is 10.6 Å². The standard InChI is InChI=1S/C25H28N2O2S2/c1-25(2,3)17-11-12-18-20(14-17)31-24(27-22(28)19-10-7-13-30-19)21(18)23(29)26-15-16-8-5-4-6-9-16/h4-10,13,17H,11-12,14-15H2,1-3H3,(H,26,29)(H,27,28). The van der Waals surface area contributed by atoms with Gasteiger partial charge in [-0.05, 0) is 53.2 Å². The lowest BCUT2D eigenvalue weighted by Gasteiger charge is -2.33. The van der Waals surface area contributed by atoms with Crippen molar-refractivity contribution in [2.45, 2.75) is 46.6 Å². The van der Waals surface area contributed by atoms with Crippen LogP contribution in [0.2, 0.25) is 0 Å². The lowest BCUT2D eigenvalue weighted by molar-refractivity contribution is 0.0950. The first-order chi connectivity index (χ1) is 14.8. The van der Waals surface area contributed by atoms with Gasteiger partial charge in [0.25, 0.3) is 11.8 Å². The second kappa shape index (κ2) is 8.97. The monoisotopic (exact) mass is 452 g/mol. The van der Waals surface area contributed by atoms with Crippen molar-refractivity contribution in [3.05, 3.63) is 74.3 Å². The van der Waals surface area contributed by atoms with Crippen LogP contribution in [0.25, 0.3) is 0 Å². The normalized spacial score (nSPS) is 15.9. The molecule has 162 valence electrons. The van der Waals surface area contributed by atoms with Crippen molar-refractivity contribution in [1.82, 2.24) is 5.32 Å². The van der Waals surface area contributed by atoms with E-state index in [0.29, 0.717) is 27.9 Å². The molecule has 0 fully saturated rings. The Kier molecular flexibility index (Phi) is 6.30. The van der Waals surface area contributed by atoms with Crippen molar-refractivity contribution in [2.75, 3.05) is 5.32 Å². The fraction of sp³-hybridized carbons (Fsp3) is 0.360. The first-order valence-corrected chi connectivity index (χ1v) is 12.3. The van der Waals surface area contributed by atoms with Crippen LogP contribution in [0.5, 0.6) is 0 Å². The van der Waals surface area contributed by atoms with Gasteiger partial charge in [-0.2, -0.15) is 0 Å². The molecule has 0 bridgehead atoms. The zero-order valence-corrected chi connectivity index (χ0v) is 19.8. The predicted molar refractivity (Wildman–Crippen MR) is 129 cm³/mol.